The van der Waals surface area contributed by atoms with E-state index in [-0.39, 0.29) is 5.75 Å². The van der Waals surface area contributed by atoms with Crippen LogP contribution < -0.4 is 19.7 Å². The van der Waals surface area contributed by atoms with Gasteiger partial charge in [0, 0.05) is 17.3 Å². The second-order valence-corrected chi connectivity index (χ2v) is 8.96. The number of amides is 2. The smallest absolute Gasteiger partial charge is 0.323 e. The van der Waals surface area contributed by atoms with Crippen LogP contribution in [0.3, 0.4) is 0 Å². The van der Waals surface area contributed by atoms with Crippen molar-refractivity contribution in [2.75, 3.05) is 34.3 Å². The number of sulfonamides is 1. The number of nitrogens with zero attached hydrogens (tertiary/aromatic N) is 1. The molecule has 0 bridgehead atoms. The second kappa shape index (κ2) is 8.28. The van der Waals surface area contributed by atoms with Crippen LogP contribution in [0.5, 0.6) is 5.75 Å². The van der Waals surface area contributed by atoms with E-state index in [4.69, 9.17) is 16.3 Å². The number of urea groups is 1. The zero-order valence-electron chi connectivity index (χ0n) is 15.7. The molecule has 0 saturated heterocycles. The summed E-state index contributed by atoms with van der Waals surface area (Å²) in [4.78, 5) is 12.4. The van der Waals surface area contributed by atoms with Gasteiger partial charge in [-0.05, 0) is 61.7 Å². The number of halogens is 1. The summed E-state index contributed by atoms with van der Waals surface area (Å²) in [6, 6.07) is 9.72. The highest BCUT2D eigenvalue weighted by Gasteiger charge is 2.26. The first-order valence-electron chi connectivity index (χ1n) is 8.89. The molecule has 2 aromatic carbocycles. The summed E-state index contributed by atoms with van der Waals surface area (Å²) in [5, 5.41) is 5.94. The first-order valence-corrected chi connectivity index (χ1v) is 10.9. The highest BCUT2D eigenvalue weighted by Crippen LogP contribution is 2.32. The fraction of sp³-hybridized carbons (Fsp3) is 0.316. The summed E-state index contributed by atoms with van der Waals surface area (Å²) in [5.41, 5.74) is 2.59. The van der Waals surface area contributed by atoms with E-state index >= 15 is 0 Å². The number of anilines is 3. The third-order valence-electron chi connectivity index (χ3n) is 4.52. The maximum absolute atomic E-state index is 12.4. The van der Waals surface area contributed by atoms with Crippen molar-refractivity contribution < 1.29 is 17.9 Å². The molecule has 0 unspecified atom stereocenters. The molecule has 0 aliphatic carbocycles. The number of hydrogen-bond acceptors (Lipinski definition) is 4. The lowest BCUT2D eigenvalue weighted by molar-refractivity contribution is 0.262. The molecule has 7 nitrogen and oxygen atoms in total. The van der Waals surface area contributed by atoms with Gasteiger partial charge in [-0.2, -0.15) is 0 Å². The van der Waals surface area contributed by atoms with Crippen LogP contribution in [-0.4, -0.2) is 33.9 Å². The van der Waals surface area contributed by atoms with E-state index in [9.17, 15) is 13.2 Å². The van der Waals surface area contributed by atoms with Crippen molar-refractivity contribution in [3.8, 4) is 5.75 Å². The lowest BCUT2D eigenvalue weighted by Gasteiger charge is -2.30. The van der Waals surface area contributed by atoms with Gasteiger partial charge in [-0.15, -0.1) is 0 Å². The lowest BCUT2D eigenvalue weighted by atomic mass is 10.0. The molecule has 1 aliphatic rings. The standard InChI is InChI=1S/C19H22ClN3O4S/c1-3-28(25,26)23-10-4-5-13-11-15(7-8-17(13)23)21-19(24)22-16-12-14(20)6-9-18(16)27-2/h6-9,11-12H,3-5,10H2,1-2H3,(H2,21,22,24). The van der Waals surface area contributed by atoms with Crippen LogP contribution in [0.4, 0.5) is 21.9 Å². The maximum atomic E-state index is 12.4. The maximum Gasteiger partial charge on any atom is 0.323 e. The van der Waals surface area contributed by atoms with Crippen LogP contribution in [0.15, 0.2) is 36.4 Å². The second-order valence-electron chi connectivity index (χ2n) is 6.34. The van der Waals surface area contributed by atoms with Crippen molar-refractivity contribution >= 4 is 44.7 Å². The van der Waals surface area contributed by atoms with Crippen molar-refractivity contribution in [2.45, 2.75) is 19.8 Å². The number of ether oxygens (including phenoxy) is 1. The number of aryl methyl sites for hydroxylation is 1. The zero-order valence-corrected chi connectivity index (χ0v) is 17.2. The lowest BCUT2D eigenvalue weighted by Crippen LogP contribution is -2.36. The number of benzene rings is 2. The quantitative estimate of drug-likeness (QED) is 0.757. The van der Waals surface area contributed by atoms with E-state index < -0.39 is 16.1 Å². The van der Waals surface area contributed by atoms with Crippen molar-refractivity contribution in [2.24, 2.45) is 0 Å². The largest absolute Gasteiger partial charge is 0.495 e. The molecule has 1 aliphatic heterocycles. The average molecular weight is 424 g/mol. The molecule has 3 rings (SSSR count). The molecular weight excluding hydrogens is 402 g/mol. The van der Waals surface area contributed by atoms with Gasteiger partial charge < -0.3 is 15.4 Å². The van der Waals surface area contributed by atoms with Crippen molar-refractivity contribution in [3.63, 3.8) is 0 Å². The molecular formula is C19H22ClN3O4S. The number of carbonyl (C=O) groups excluding carboxylic acids is 1. The van der Waals surface area contributed by atoms with E-state index in [0.717, 1.165) is 18.4 Å². The van der Waals surface area contributed by atoms with Crippen molar-refractivity contribution in [1.29, 1.82) is 0 Å². The predicted octanol–water partition coefficient (Wildman–Crippen LogP) is 4.09. The average Bonchev–Trinajstić information content (AvgIpc) is 2.67. The fourth-order valence-corrected chi connectivity index (χ4v) is 4.52. The summed E-state index contributed by atoms with van der Waals surface area (Å²) < 4.78 is 31.3. The molecule has 150 valence electrons. The van der Waals surface area contributed by atoms with E-state index in [1.54, 1.807) is 37.3 Å². The highest BCUT2D eigenvalue weighted by atomic mass is 35.5. The molecule has 0 radical (unpaired) electrons. The fourth-order valence-electron chi connectivity index (χ4n) is 3.15. The molecule has 9 heteroatoms. The monoisotopic (exact) mass is 423 g/mol. The Kier molecular flexibility index (Phi) is 6.00. The number of nitrogens with one attached hydrogen (secondary N) is 2. The predicted molar refractivity (Wildman–Crippen MR) is 112 cm³/mol. The number of fused-ring (bicyclic) bond motifs is 1. The van der Waals surface area contributed by atoms with Gasteiger partial charge >= 0.3 is 6.03 Å². The minimum absolute atomic E-state index is 0.0519. The number of hydrogen-bond donors (Lipinski definition) is 2. The van der Waals surface area contributed by atoms with E-state index in [1.165, 1.54) is 11.4 Å². The highest BCUT2D eigenvalue weighted by molar-refractivity contribution is 7.92. The normalized spacial score (nSPS) is 13.6. The molecule has 2 aromatic rings. The van der Waals surface area contributed by atoms with Crippen LogP contribution in [0, 0.1) is 0 Å². The molecule has 0 atom stereocenters. The topological polar surface area (TPSA) is 87.7 Å². The number of methoxy groups -OCH3 is 1. The van der Waals surface area contributed by atoms with Gasteiger partial charge in [0.25, 0.3) is 0 Å². The first-order chi connectivity index (χ1) is 13.3. The zero-order chi connectivity index (χ0) is 20.3. The summed E-state index contributed by atoms with van der Waals surface area (Å²) >= 11 is 5.98. The molecule has 2 amide bonds. The Hall–Kier alpha value is -2.45. The van der Waals surface area contributed by atoms with E-state index in [2.05, 4.69) is 10.6 Å². The van der Waals surface area contributed by atoms with Crippen molar-refractivity contribution in [3.05, 3.63) is 47.0 Å². The van der Waals surface area contributed by atoms with Crippen LogP contribution in [0.1, 0.15) is 18.9 Å². The molecule has 0 fully saturated rings. The Morgan fingerprint density at radius 1 is 1.21 bits per heavy atom. The van der Waals surface area contributed by atoms with Gasteiger partial charge in [-0.3, -0.25) is 4.31 Å². The third-order valence-corrected chi connectivity index (χ3v) is 6.54. The van der Waals surface area contributed by atoms with Crippen LogP contribution >= 0.6 is 11.6 Å². The molecule has 2 N–H and O–H groups in total. The summed E-state index contributed by atoms with van der Waals surface area (Å²) in [7, 11) is -1.81. The van der Waals surface area contributed by atoms with Gasteiger partial charge in [-0.1, -0.05) is 11.6 Å². The summed E-state index contributed by atoms with van der Waals surface area (Å²) in [6.45, 7) is 2.11. The SMILES string of the molecule is CCS(=O)(=O)N1CCCc2cc(NC(=O)Nc3cc(Cl)ccc3OC)ccc21. The molecule has 1 heterocycles. The number of carbonyl (C=O) groups is 1. The molecule has 28 heavy (non-hydrogen) atoms. The minimum Gasteiger partial charge on any atom is -0.495 e. The van der Waals surface area contributed by atoms with Crippen LogP contribution in [0.25, 0.3) is 0 Å². The van der Waals surface area contributed by atoms with Gasteiger partial charge in [0.15, 0.2) is 0 Å². The number of rotatable bonds is 5. The Balaban J connectivity index is 1.77. The van der Waals surface area contributed by atoms with Crippen LogP contribution in [-0.2, 0) is 16.4 Å². The van der Waals surface area contributed by atoms with Crippen LogP contribution in [0.2, 0.25) is 5.02 Å². The Labute approximate surface area is 169 Å². The summed E-state index contributed by atoms with van der Waals surface area (Å²) in [5.74, 6) is 0.543. The van der Waals surface area contributed by atoms with Gasteiger partial charge in [-0.25, -0.2) is 13.2 Å². The van der Waals surface area contributed by atoms with Gasteiger partial charge in [0.2, 0.25) is 10.0 Å². The minimum atomic E-state index is -3.32. The molecule has 0 aromatic heterocycles. The van der Waals surface area contributed by atoms with Gasteiger partial charge in [0.05, 0.1) is 24.2 Å². The molecule has 0 saturated carbocycles. The first kappa shape index (κ1) is 20.3. The Morgan fingerprint density at radius 2 is 2.00 bits per heavy atom. The van der Waals surface area contributed by atoms with E-state index in [0.29, 0.717) is 34.4 Å². The van der Waals surface area contributed by atoms with Crippen molar-refractivity contribution in [1.82, 2.24) is 0 Å². The Bertz CT molecular complexity index is 995. The van der Waals surface area contributed by atoms with E-state index in [1.807, 2.05) is 6.07 Å². The summed E-state index contributed by atoms with van der Waals surface area (Å²) in [6.07, 6.45) is 1.49. The molecule has 0 spiro atoms. The Morgan fingerprint density at radius 3 is 2.71 bits per heavy atom. The van der Waals surface area contributed by atoms with Gasteiger partial charge in [0.1, 0.15) is 5.75 Å². The third kappa shape index (κ3) is 4.34.